The molecule has 2 rings (SSSR count). The molecule has 0 aromatic carbocycles. The van der Waals surface area contributed by atoms with Crippen molar-refractivity contribution in [1.29, 1.82) is 0 Å². The predicted molar refractivity (Wildman–Crippen MR) is 157 cm³/mol. The number of allylic oxidation sites excluding steroid dienone is 1. The van der Waals surface area contributed by atoms with Crippen LogP contribution in [-0.4, -0.2) is 117 Å². The van der Waals surface area contributed by atoms with E-state index in [-0.39, 0.29) is 29.4 Å². The van der Waals surface area contributed by atoms with E-state index < -0.39 is 11.8 Å². The largest absolute Gasteiger partial charge is 0.383 e. The minimum Gasteiger partial charge on any atom is -0.383 e. The van der Waals surface area contributed by atoms with Crippen LogP contribution in [0.3, 0.4) is 0 Å². The molecule has 222 valence electrons. The molecule has 2 amide bonds. The molecule has 0 spiro atoms. The predicted octanol–water partition coefficient (Wildman–Crippen LogP) is 2.32. The number of Topliss-reactive ketones (excluding diaryl/α,β-unsaturated/α-hetero) is 1. The molecule has 15 heteroatoms. The number of rotatable bonds is 10. The van der Waals surface area contributed by atoms with Gasteiger partial charge in [0.05, 0.1) is 16.4 Å². The van der Waals surface area contributed by atoms with E-state index in [4.69, 9.17) is 15.2 Å². The summed E-state index contributed by atoms with van der Waals surface area (Å²) < 4.78 is 9.73. The van der Waals surface area contributed by atoms with Gasteiger partial charge in [0.25, 0.3) is 11.8 Å². The highest BCUT2D eigenvalue weighted by Gasteiger charge is 2.20. The molecule has 0 saturated carbocycles. The van der Waals surface area contributed by atoms with Crippen molar-refractivity contribution in [2.75, 3.05) is 56.5 Å². The van der Waals surface area contributed by atoms with E-state index in [1.807, 2.05) is 33.1 Å². The fourth-order valence-corrected chi connectivity index (χ4v) is 4.26. The van der Waals surface area contributed by atoms with Crippen molar-refractivity contribution in [3.05, 3.63) is 43.4 Å². The normalized spacial score (nSPS) is 10.8. The number of aryl methyl sites for hydroxylation is 2. The SMILES string of the molecule is CC(=O)c1sc(C)nc1C(N)=O.COC(OC)N(C)C.Cc1nc(C(=O)N=CN(C)C)c(C(=O)/C=C/N(C)C)s1. The van der Waals surface area contributed by atoms with Crippen LogP contribution >= 0.6 is 22.7 Å². The standard InChI is InChI=1S/C13H18N4O2S.C7H8N2O2S.C5H13NO2/c1-9-15-11(13(19)14-8-17(4)5)12(20-9)10(18)6-7-16(2)3;1-3(10)6-5(7(8)11)9-4(2)12-6;1-6(2)5(7-3)8-4/h6-8H,1-5H3;1-2H3,(H2,8,11);5H,1-4H3/b7-6+,14-8?;;. The number of primary amides is 1. The van der Waals surface area contributed by atoms with Gasteiger partial charge in [-0.15, -0.1) is 22.7 Å². The third-order valence-corrected chi connectivity index (χ3v) is 6.26. The maximum atomic E-state index is 12.1. The van der Waals surface area contributed by atoms with Gasteiger partial charge < -0.3 is 25.0 Å². The van der Waals surface area contributed by atoms with Gasteiger partial charge >= 0.3 is 0 Å². The highest BCUT2D eigenvalue weighted by molar-refractivity contribution is 7.14. The van der Waals surface area contributed by atoms with Crippen molar-refractivity contribution >= 4 is 52.4 Å². The van der Waals surface area contributed by atoms with Crippen LogP contribution in [0.25, 0.3) is 0 Å². The molecule has 0 aliphatic heterocycles. The Hall–Kier alpha value is -3.37. The summed E-state index contributed by atoms with van der Waals surface area (Å²) in [7, 11) is 14.1. The number of methoxy groups -OCH3 is 2. The number of nitrogens with two attached hydrogens (primary N) is 1. The Kier molecular flexibility index (Phi) is 16.5. The lowest BCUT2D eigenvalue weighted by Crippen LogP contribution is -2.30. The fraction of sp³-hybridized carbons (Fsp3) is 0.480. The van der Waals surface area contributed by atoms with Crippen molar-refractivity contribution in [3.8, 4) is 0 Å². The van der Waals surface area contributed by atoms with Crippen LogP contribution in [0.1, 0.15) is 57.3 Å². The molecule has 0 unspecified atom stereocenters. The van der Waals surface area contributed by atoms with Gasteiger partial charge in [-0.2, -0.15) is 4.99 Å². The number of aromatic nitrogens is 2. The second kappa shape index (κ2) is 18.1. The summed E-state index contributed by atoms with van der Waals surface area (Å²) in [5.74, 6) is -1.57. The van der Waals surface area contributed by atoms with E-state index in [9.17, 15) is 19.2 Å². The summed E-state index contributed by atoms with van der Waals surface area (Å²) in [6, 6.07) is 0. The van der Waals surface area contributed by atoms with Crippen molar-refractivity contribution in [2.45, 2.75) is 27.2 Å². The molecule has 2 aromatic rings. The molecule has 0 aliphatic rings. The van der Waals surface area contributed by atoms with Crippen molar-refractivity contribution in [2.24, 2.45) is 10.7 Å². The number of ketones is 2. The van der Waals surface area contributed by atoms with Gasteiger partial charge in [0.2, 0.25) is 6.41 Å². The molecule has 0 radical (unpaired) electrons. The number of carbonyl (C=O) groups excluding carboxylic acids is 4. The van der Waals surface area contributed by atoms with Crippen LogP contribution in [0.4, 0.5) is 0 Å². The zero-order chi connectivity index (χ0) is 31.2. The first-order valence-corrected chi connectivity index (χ1v) is 13.3. The van der Waals surface area contributed by atoms with Gasteiger partial charge in [-0.05, 0) is 27.9 Å². The number of thiazole rings is 2. The molecule has 2 N–H and O–H groups in total. The van der Waals surface area contributed by atoms with Crippen molar-refractivity contribution in [1.82, 2.24) is 24.7 Å². The molecular weight excluding hydrogens is 558 g/mol. The van der Waals surface area contributed by atoms with Crippen LogP contribution in [0.5, 0.6) is 0 Å². The quantitative estimate of drug-likeness (QED) is 0.141. The molecule has 40 heavy (non-hydrogen) atoms. The summed E-state index contributed by atoms with van der Waals surface area (Å²) >= 11 is 2.39. The number of carbonyl (C=O) groups is 4. The van der Waals surface area contributed by atoms with E-state index in [1.165, 1.54) is 42.0 Å². The van der Waals surface area contributed by atoms with E-state index in [1.54, 1.807) is 58.2 Å². The van der Waals surface area contributed by atoms with Gasteiger partial charge in [0.15, 0.2) is 17.3 Å². The fourth-order valence-electron chi connectivity index (χ4n) is 2.61. The van der Waals surface area contributed by atoms with E-state index in [0.717, 1.165) is 0 Å². The zero-order valence-corrected chi connectivity index (χ0v) is 26.5. The van der Waals surface area contributed by atoms with Crippen molar-refractivity contribution < 1.29 is 28.7 Å². The average Bonchev–Trinajstić information content (AvgIpc) is 3.45. The summed E-state index contributed by atoms with van der Waals surface area (Å²) in [6.07, 6.45) is 4.23. The Bertz CT molecular complexity index is 1120. The van der Waals surface area contributed by atoms with E-state index in [2.05, 4.69) is 15.0 Å². The molecule has 0 atom stereocenters. The lowest BCUT2D eigenvalue weighted by Gasteiger charge is -2.19. The van der Waals surface area contributed by atoms with Crippen LogP contribution in [0.15, 0.2) is 17.3 Å². The number of nitrogens with zero attached hydrogens (tertiary/aromatic N) is 6. The van der Waals surface area contributed by atoms with Crippen LogP contribution in [0.2, 0.25) is 0 Å². The minimum atomic E-state index is -0.649. The average molecular weight is 598 g/mol. The Labute approximate surface area is 243 Å². The monoisotopic (exact) mass is 597 g/mol. The Balaban J connectivity index is 0.000000642. The maximum absolute atomic E-state index is 12.1. The number of ether oxygens (including phenoxy) is 2. The summed E-state index contributed by atoms with van der Waals surface area (Å²) in [6.45, 7) is 4.87. The number of amides is 2. The number of aliphatic imine (C=N–C) groups is 1. The highest BCUT2D eigenvalue weighted by atomic mass is 32.1. The highest BCUT2D eigenvalue weighted by Crippen LogP contribution is 2.20. The van der Waals surface area contributed by atoms with Crippen molar-refractivity contribution in [3.63, 3.8) is 0 Å². The van der Waals surface area contributed by atoms with Gasteiger partial charge in [-0.1, -0.05) is 0 Å². The lowest BCUT2D eigenvalue weighted by atomic mass is 10.2. The molecule has 0 fully saturated rings. The number of hydrogen-bond acceptors (Lipinski definition) is 12. The van der Waals surface area contributed by atoms with Gasteiger partial charge in [-0.25, -0.2) is 9.97 Å². The molecule has 0 aliphatic carbocycles. The zero-order valence-electron chi connectivity index (χ0n) is 24.8. The molecule has 0 saturated heterocycles. The smallest absolute Gasteiger partial charge is 0.298 e. The second-order valence-corrected chi connectivity index (χ2v) is 11.0. The summed E-state index contributed by atoms with van der Waals surface area (Å²) in [4.78, 5) is 63.3. The van der Waals surface area contributed by atoms with Gasteiger partial charge in [-0.3, -0.25) is 24.1 Å². The van der Waals surface area contributed by atoms with Crippen LogP contribution in [-0.2, 0) is 9.47 Å². The van der Waals surface area contributed by atoms with Crippen LogP contribution < -0.4 is 5.73 Å². The molecule has 2 heterocycles. The molecule has 0 bridgehead atoms. The molecule has 2 aromatic heterocycles. The minimum absolute atomic E-state index is 0.0880. The third-order valence-electron chi connectivity index (χ3n) is 4.20. The first-order valence-electron chi connectivity index (χ1n) is 11.7. The molecular formula is C25H39N7O6S2. The first-order chi connectivity index (χ1) is 18.5. The summed E-state index contributed by atoms with van der Waals surface area (Å²) in [5.41, 5.74) is 5.22. The maximum Gasteiger partial charge on any atom is 0.298 e. The van der Waals surface area contributed by atoms with Gasteiger partial charge in [0, 0.05) is 61.6 Å². The Morgan fingerprint density at radius 3 is 1.73 bits per heavy atom. The third kappa shape index (κ3) is 13.1. The van der Waals surface area contributed by atoms with Gasteiger partial charge in [0.1, 0.15) is 15.4 Å². The Morgan fingerprint density at radius 2 is 1.38 bits per heavy atom. The first kappa shape index (κ1) is 36.6. The second-order valence-electron chi connectivity index (χ2n) is 8.64. The summed E-state index contributed by atoms with van der Waals surface area (Å²) in [5, 5.41) is 1.34. The van der Waals surface area contributed by atoms with E-state index >= 15 is 0 Å². The lowest BCUT2D eigenvalue weighted by molar-refractivity contribution is -0.179. The number of hydrogen-bond donors (Lipinski definition) is 1. The van der Waals surface area contributed by atoms with E-state index in [0.29, 0.717) is 19.8 Å². The molecule has 13 nitrogen and oxygen atoms in total. The van der Waals surface area contributed by atoms with Crippen LogP contribution in [0, 0.1) is 13.8 Å². The Morgan fingerprint density at radius 1 is 0.875 bits per heavy atom. The topological polar surface area (TPSA) is 161 Å².